The minimum absolute atomic E-state index is 0. The second-order valence-electron chi connectivity index (χ2n) is 5.04. The lowest BCUT2D eigenvalue weighted by Gasteiger charge is -2.24. The van der Waals surface area contributed by atoms with Gasteiger partial charge in [0, 0.05) is 31.3 Å². The zero-order valence-corrected chi connectivity index (χ0v) is 13.7. The third-order valence-corrected chi connectivity index (χ3v) is 5.76. The maximum Gasteiger partial charge on any atom is 0.243 e. The number of benzene rings is 1. The molecule has 0 saturated carbocycles. The average Bonchev–Trinajstić information content (AvgIpc) is 3.19. The van der Waals surface area contributed by atoms with E-state index in [1.807, 2.05) is 0 Å². The van der Waals surface area contributed by atoms with Gasteiger partial charge in [0.15, 0.2) is 5.76 Å². The quantitative estimate of drug-likeness (QED) is 0.915. The van der Waals surface area contributed by atoms with Gasteiger partial charge in [-0.2, -0.15) is 4.31 Å². The van der Waals surface area contributed by atoms with Gasteiger partial charge in [0.05, 0.1) is 11.1 Å². The molecular weight excluding hydrogens is 326 g/mol. The van der Waals surface area contributed by atoms with Crippen molar-refractivity contribution in [2.24, 2.45) is 0 Å². The fourth-order valence-electron chi connectivity index (χ4n) is 2.55. The van der Waals surface area contributed by atoms with E-state index in [1.165, 1.54) is 10.5 Å². The highest BCUT2D eigenvalue weighted by Crippen LogP contribution is 2.29. The van der Waals surface area contributed by atoms with E-state index in [4.69, 9.17) is 4.52 Å². The predicted octanol–water partition coefficient (Wildman–Crippen LogP) is 1.75. The molecule has 1 aliphatic heterocycles. The summed E-state index contributed by atoms with van der Waals surface area (Å²) in [4.78, 5) is 0.246. The Hall–Kier alpha value is -1.41. The number of nitrogens with one attached hydrogen (secondary N) is 1. The van der Waals surface area contributed by atoms with Crippen molar-refractivity contribution in [2.75, 3.05) is 20.1 Å². The number of halogens is 1. The van der Waals surface area contributed by atoms with Crippen LogP contribution in [0, 0.1) is 0 Å². The lowest BCUT2D eigenvalue weighted by molar-refractivity contribution is 0.387. The first kappa shape index (κ1) is 17.0. The van der Waals surface area contributed by atoms with Crippen LogP contribution < -0.4 is 5.32 Å². The number of rotatable bonds is 4. The Balaban J connectivity index is 0.00000176. The monoisotopic (exact) mass is 343 g/mol. The van der Waals surface area contributed by atoms with Gasteiger partial charge in [0.25, 0.3) is 0 Å². The molecule has 22 heavy (non-hydrogen) atoms. The van der Waals surface area contributed by atoms with Gasteiger partial charge in [0.2, 0.25) is 10.0 Å². The van der Waals surface area contributed by atoms with E-state index in [0.717, 1.165) is 13.0 Å². The van der Waals surface area contributed by atoms with Crippen LogP contribution in [0.25, 0.3) is 11.3 Å². The molecule has 1 aromatic heterocycles. The van der Waals surface area contributed by atoms with Crippen molar-refractivity contribution in [3.63, 3.8) is 0 Å². The second-order valence-corrected chi connectivity index (χ2v) is 7.01. The minimum Gasteiger partial charge on any atom is -0.356 e. The van der Waals surface area contributed by atoms with Crippen molar-refractivity contribution in [1.82, 2.24) is 14.8 Å². The highest BCUT2D eigenvalue weighted by Gasteiger charge is 2.32. The van der Waals surface area contributed by atoms with Gasteiger partial charge in [-0.15, -0.1) is 12.4 Å². The van der Waals surface area contributed by atoms with Crippen LogP contribution in [0.4, 0.5) is 0 Å². The summed E-state index contributed by atoms with van der Waals surface area (Å²) in [7, 11) is -1.94. The van der Waals surface area contributed by atoms with Crippen molar-refractivity contribution >= 4 is 22.4 Å². The fourth-order valence-corrected chi connectivity index (χ4v) is 4.13. The Bertz CT molecular complexity index is 713. The van der Waals surface area contributed by atoms with E-state index in [9.17, 15) is 8.42 Å². The van der Waals surface area contributed by atoms with E-state index in [1.54, 1.807) is 37.4 Å². The number of aromatic nitrogens is 1. The molecule has 0 bridgehead atoms. The summed E-state index contributed by atoms with van der Waals surface area (Å²) in [5.41, 5.74) is 0.535. The van der Waals surface area contributed by atoms with Crippen molar-refractivity contribution in [3.8, 4) is 11.3 Å². The van der Waals surface area contributed by atoms with E-state index >= 15 is 0 Å². The Kier molecular flexibility index (Phi) is 5.23. The lowest BCUT2D eigenvalue weighted by atomic mass is 10.2. The summed E-state index contributed by atoms with van der Waals surface area (Å²) in [6.45, 7) is 1.52. The Morgan fingerprint density at radius 2 is 2.09 bits per heavy atom. The maximum absolute atomic E-state index is 12.9. The van der Waals surface area contributed by atoms with E-state index in [0.29, 0.717) is 17.9 Å². The Morgan fingerprint density at radius 3 is 2.73 bits per heavy atom. The highest BCUT2D eigenvalue weighted by atomic mass is 35.5. The number of hydrogen-bond donors (Lipinski definition) is 1. The van der Waals surface area contributed by atoms with Gasteiger partial charge < -0.3 is 9.84 Å². The molecule has 2 aromatic rings. The van der Waals surface area contributed by atoms with Crippen LogP contribution in [-0.2, 0) is 10.0 Å². The van der Waals surface area contributed by atoms with Gasteiger partial charge in [-0.3, -0.25) is 0 Å². The van der Waals surface area contributed by atoms with Crippen LogP contribution in [0.3, 0.4) is 0 Å². The molecule has 3 rings (SSSR count). The first-order chi connectivity index (χ1) is 10.1. The zero-order chi connectivity index (χ0) is 14.9. The van der Waals surface area contributed by atoms with Crippen molar-refractivity contribution in [2.45, 2.75) is 17.4 Å². The summed E-state index contributed by atoms with van der Waals surface area (Å²) in [5.74, 6) is 0.451. The van der Waals surface area contributed by atoms with Crippen LogP contribution in [0.2, 0.25) is 0 Å². The molecule has 1 fully saturated rings. The topological polar surface area (TPSA) is 75.4 Å². The molecule has 0 aliphatic carbocycles. The molecule has 8 heteroatoms. The number of sulfonamides is 1. The predicted molar refractivity (Wildman–Crippen MR) is 85.4 cm³/mol. The molecule has 1 aliphatic rings. The SMILES string of the molecule is CN(C1CCNC1)S(=O)(=O)c1ccccc1-c1ccno1.Cl. The van der Waals surface area contributed by atoms with Crippen molar-refractivity contribution in [3.05, 3.63) is 36.5 Å². The van der Waals surface area contributed by atoms with E-state index < -0.39 is 10.0 Å². The van der Waals surface area contributed by atoms with E-state index in [2.05, 4.69) is 10.5 Å². The van der Waals surface area contributed by atoms with Crippen LogP contribution in [0.15, 0.2) is 45.9 Å². The van der Waals surface area contributed by atoms with Crippen LogP contribution in [-0.4, -0.2) is 44.1 Å². The van der Waals surface area contributed by atoms with Crippen LogP contribution >= 0.6 is 12.4 Å². The van der Waals surface area contributed by atoms with E-state index in [-0.39, 0.29) is 23.3 Å². The normalized spacial score (nSPS) is 18.4. The Morgan fingerprint density at radius 1 is 1.32 bits per heavy atom. The molecule has 1 aromatic carbocycles. The largest absolute Gasteiger partial charge is 0.356 e. The average molecular weight is 344 g/mol. The first-order valence-corrected chi connectivity index (χ1v) is 8.23. The zero-order valence-electron chi connectivity index (χ0n) is 12.1. The van der Waals surface area contributed by atoms with Crippen molar-refractivity contribution in [1.29, 1.82) is 0 Å². The summed E-state index contributed by atoms with van der Waals surface area (Å²) in [6, 6.07) is 8.48. The lowest BCUT2D eigenvalue weighted by Crippen LogP contribution is -2.38. The molecule has 2 heterocycles. The molecule has 0 radical (unpaired) electrons. The molecule has 1 atom stereocenters. The number of hydrogen-bond acceptors (Lipinski definition) is 5. The smallest absolute Gasteiger partial charge is 0.243 e. The molecule has 6 nitrogen and oxygen atoms in total. The fraction of sp³-hybridized carbons (Fsp3) is 0.357. The van der Waals surface area contributed by atoms with Gasteiger partial charge in [-0.05, 0) is 25.1 Å². The van der Waals surface area contributed by atoms with Gasteiger partial charge >= 0.3 is 0 Å². The van der Waals surface area contributed by atoms with Gasteiger partial charge in [-0.25, -0.2) is 8.42 Å². The maximum atomic E-state index is 12.9. The van der Waals surface area contributed by atoms with Gasteiger partial charge in [-0.1, -0.05) is 17.3 Å². The second kappa shape index (κ2) is 6.78. The highest BCUT2D eigenvalue weighted by molar-refractivity contribution is 7.89. The molecule has 1 unspecified atom stereocenters. The summed E-state index contributed by atoms with van der Waals surface area (Å²) in [6.07, 6.45) is 2.32. The summed E-state index contributed by atoms with van der Waals surface area (Å²) >= 11 is 0. The third kappa shape index (κ3) is 3.03. The van der Waals surface area contributed by atoms with Crippen LogP contribution in [0.5, 0.6) is 0 Å². The summed E-state index contributed by atoms with van der Waals surface area (Å²) in [5, 5.41) is 6.83. The third-order valence-electron chi connectivity index (χ3n) is 3.80. The minimum atomic E-state index is -3.57. The number of likely N-dealkylation sites (N-methyl/N-ethyl adjacent to an activating group) is 1. The van der Waals surface area contributed by atoms with Crippen LogP contribution in [0.1, 0.15) is 6.42 Å². The Labute approximate surface area is 135 Å². The molecule has 120 valence electrons. The molecule has 1 saturated heterocycles. The standard InChI is InChI=1S/C14H17N3O3S.ClH/c1-17(11-6-8-15-10-11)21(18,19)14-5-3-2-4-12(14)13-7-9-16-20-13;/h2-5,7,9,11,15H,6,8,10H2,1H3;1H. The first-order valence-electron chi connectivity index (χ1n) is 6.79. The molecule has 0 amide bonds. The molecule has 0 spiro atoms. The molecular formula is C14H18ClN3O3S. The van der Waals surface area contributed by atoms with Crippen molar-refractivity contribution < 1.29 is 12.9 Å². The number of nitrogens with zero attached hydrogens (tertiary/aromatic N) is 2. The van der Waals surface area contributed by atoms with Gasteiger partial charge in [0.1, 0.15) is 0 Å². The summed E-state index contributed by atoms with van der Waals surface area (Å²) < 4.78 is 32.3. The molecule has 1 N–H and O–H groups in total.